The first kappa shape index (κ1) is 17.2. The van der Waals surface area contributed by atoms with Crippen LogP contribution in [0.5, 0.6) is 5.75 Å². The van der Waals surface area contributed by atoms with Crippen LogP contribution in [0.3, 0.4) is 0 Å². The summed E-state index contributed by atoms with van der Waals surface area (Å²) in [6.07, 6.45) is 4.03. The fourth-order valence-electron chi connectivity index (χ4n) is 1.58. The first-order valence-electron chi connectivity index (χ1n) is 6.61. The van der Waals surface area contributed by atoms with E-state index in [2.05, 4.69) is 10.6 Å². The van der Waals surface area contributed by atoms with E-state index < -0.39 is 12.6 Å². The third-order valence-electron chi connectivity index (χ3n) is 2.55. The number of carbonyl (C=O) groups excluding carboxylic acids is 1. The highest BCUT2D eigenvalue weighted by molar-refractivity contribution is 7.98. The van der Waals surface area contributed by atoms with Crippen LogP contribution in [0.1, 0.15) is 12.8 Å². The lowest BCUT2D eigenvalue weighted by Gasteiger charge is -2.12. The molecule has 0 aliphatic carbocycles. The lowest BCUT2D eigenvalue weighted by molar-refractivity contribution is -0.139. The molecule has 0 saturated carbocycles. The van der Waals surface area contributed by atoms with Crippen LogP contribution in [-0.2, 0) is 4.79 Å². The summed E-state index contributed by atoms with van der Waals surface area (Å²) in [5.41, 5.74) is 0.445. The quantitative estimate of drug-likeness (QED) is 0.610. The number of nitrogens with one attached hydrogen (secondary N) is 2. The molecule has 21 heavy (non-hydrogen) atoms. The van der Waals surface area contributed by atoms with E-state index in [1.165, 1.54) is 0 Å². The van der Waals surface area contributed by atoms with Crippen molar-refractivity contribution in [3.8, 4) is 5.75 Å². The second kappa shape index (κ2) is 9.93. The number of para-hydroxylation sites is 2. The predicted molar refractivity (Wildman–Crippen MR) is 84.2 cm³/mol. The van der Waals surface area contributed by atoms with E-state index in [0.717, 1.165) is 18.6 Å². The molecule has 0 aliphatic heterocycles. The van der Waals surface area contributed by atoms with E-state index in [0.29, 0.717) is 18.0 Å². The SMILES string of the molecule is CSCCCCNC(=O)Nc1ccccc1OCC(=O)O. The van der Waals surface area contributed by atoms with E-state index >= 15 is 0 Å². The Hall–Kier alpha value is -1.89. The molecule has 0 bridgehead atoms. The van der Waals surface area contributed by atoms with Gasteiger partial charge in [0.25, 0.3) is 0 Å². The number of aliphatic carboxylic acids is 1. The molecule has 0 aromatic heterocycles. The van der Waals surface area contributed by atoms with E-state index in [9.17, 15) is 9.59 Å². The molecule has 0 aliphatic rings. The average molecular weight is 312 g/mol. The number of carboxylic acid groups (broad SMARTS) is 1. The number of hydrogen-bond acceptors (Lipinski definition) is 4. The smallest absolute Gasteiger partial charge is 0.341 e. The van der Waals surface area contributed by atoms with Crippen molar-refractivity contribution in [1.29, 1.82) is 0 Å². The maximum atomic E-state index is 11.7. The second-order valence-corrected chi connectivity index (χ2v) is 5.24. The zero-order valence-corrected chi connectivity index (χ0v) is 12.7. The van der Waals surface area contributed by atoms with Crippen LogP contribution in [0.15, 0.2) is 24.3 Å². The van der Waals surface area contributed by atoms with Crippen LogP contribution >= 0.6 is 11.8 Å². The van der Waals surface area contributed by atoms with Gasteiger partial charge in [-0.3, -0.25) is 0 Å². The summed E-state index contributed by atoms with van der Waals surface area (Å²) < 4.78 is 5.11. The minimum atomic E-state index is -1.07. The van der Waals surface area contributed by atoms with Crippen molar-refractivity contribution in [2.45, 2.75) is 12.8 Å². The van der Waals surface area contributed by atoms with Gasteiger partial charge in [0, 0.05) is 6.54 Å². The van der Waals surface area contributed by atoms with Gasteiger partial charge in [0.05, 0.1) is 5.69 Å². The molecule has 1 rings (SSSR count). The van der Waals surface area contributed by atoms with Gasteiger partial charge in [-0.25, -0.2) is 9.59 Å². The molecule has 6 nitrogen and oxygen atoms in total. The number of hydrogen-bond donors (Lipinski definition) is 3. The number of unbranched alkanes of at least 4 members (excludes halogenated alkanes) is 1. The van der Waals surface area contributed by atoms with Crippen LogP contribution in [-0.4, -0.2) is 42.3 Å². The summed E-state index contributed by atoms with van der Waals surface area (Å²) >= 11 is 1.78. The maximum absolute atomic E-state index is 11.7. The van der Waals surface area contributed by atoms with Gasteiger partial charge in [0.2, 0.25) is 0 Å². The largest absolute Gasteiger partial charge is 0.480 e. The molecule has 0 heterocycles. The van der Waals surface area contributed by atoms with Crippen molar-refractivity contribution in [1.82, 2.24) is 5.32 Å². The van der Waals surface area contributed by atoms with Crippen LogP contribution in [0.25, 0.3) is 0 Å². The third kappa shape index (κ3) is 7.45. The number of ether oxygens (including phenoxy) is 1. The molecular formula is C14H20N2O4S. The normalized spacial score (nSPS) is 9.95. The molecule has 0 spiro atoms. The van der Waals surface area contributed by atoms with Crippen molar-refractivity contribution in [3.63, 3.8) is 0 Å². The first-order valence-corrected chi connectivity index (χ1v) is 8.00. The fourth-order valence-corrected chi connectivity index (χ4v) is 2.07. The zero-order valence-electron chi connectivity index (χ0n) is 11.9. The monoisotopic (exact) mass is 312 g/mol. The van der Waals surface area contributed by atoms with Gasteiger partial charge in [-0.05, 0) is 37.0 Å². The Balaban J connectivity index is 2.42. The molecule has 0 unspecified atom stereocenters. The van der Waals surface area contributed by atoms with Crippen LogP contribution in [0.4, 0.5) is 10.5 Å². The second-order valence-electron chi connectivity index (χ2n) is 4.26. The van der Waals surface area contributed by atoms with Gasteiger partial charge in [-0.1, -0.05) is 12.1 Å². The molecule has 1 aromatic rings. The number of carbonyl (C=O) groups is 2. The number of amides is 2. The maximum Gasteiger partial charge on any atom is 0.341 e. The molecule has 2 amide bonds. The molecule has 7 heteroatoms. The highest BCUT2D eigenvalue weighted by Crippen LogP contribution is 2.23. The van der Waals surface area contributed by atoms with Crippen molar-refractivity contribution in [3.05, 3.63) is 24.3 Å². The summed E-state index contributed by atoms with van der Waals surface area (Å²) in [6.45, 7) is 0.152. The van der Waals surface area contributed by atoms with Crippen molar-refractivity contribution in [2.75, 3.05) is 30.5 Å². The van der Waals surface area contributed by atoms with Gasteiger partial charge >= 0.3 is 12.0 Å². The van der Waals surface area contributed by atoms with Crippen LogP contribution < -0.4 is 15.4 Å². The van der Waals surface area contributed by atoms with Gasteiger partial charge in [0.1, 0.15) is 5.75 Å². The standard InChI is InChI=1S/C14H20N2O4S/c1-21-9-5-4-8-15-14(19)16-11-6-2-3-7-12(11)20-10-13(17)18/h2-3,6-7H,4-5,8-10H2,1H3,(H,17,18)(H2,15,16,19). The number of thioether (sulfide) groups is 1. The molecule has 1 aromatic carbocycles. The summed E-state index contributed by atoms with van der Waals surface area (Å²) in [5, 5.41) is 14.0. The predicted octanol–water partition coefficient (Wildman–Crippen LogP) is 2.41. The Morgan fingerprint density at radius 2 is 2.05 bits per heavy atom. The summed E-state index contributed by atoms with van der Waals surface area (Å²) in [7, 11) is 0. The fraction of sp³-hybridized carbons (Fsp3) is 0.429. The first-order chi connectivity index (χ1) is 10.1. The molecule has 116 valence electrons. The van der Waals surface area contributed by atoms with E-state index in [-0.39, 0.29) is 6.03 Å². The Kier molecular flexibility index (Phi) is 8.11. The molecule has 0 fully saturated rings. The molecule has 3 N–H and O–H groups in total. The van der Waals surface area contributed by atoms with E-state index in [1.54, 1.807) is 36.0 Å². The van der Waals surface area contributed by atoms with E-state index in [4.69, 9.17) is 9.84 Å². The molecule has 0 atom stereocenters. The van der Waals surface area contributed by atoms with Crippen molar-refractivity contribution >= 4 is 29.4 Å². The highest BCUT2D eigenvalue weighted by Gasteiger charge is 2.08. The summed E-state index contributed by atoms with van der Waals surface area (Å²) in [4.78, 5) is 22.2. The Morgan fingerprint density at radius 3 is 2.76 bits per heavy atom. The average Bonchev–Trinajstić information content (AvgIpc) is 2.46. The lowest BCUT2D eigenvalue weighted by Crippen LogP contribution is -2.29. The lowest BCUT2D eigenvalue weighted by atomic mass is 10.3. The van der Waals surface area contributed by atoms with Gasteiger partial charge in [-0.2, -0.15) is 11.8 Å². The topological polar surface area (TPSA) is 87.7 Å². The summed E-state index contributed by atoms with van der Waals surface area (Å²) in [6, 6.07) is 6.39. The number of anilines is 1. The minimum Gasteiger partial charge on any atom is -0.480 e. The Labute approximate surface area is 128 Å². The molecule has 0 saturated heterocycles. The third-order valence-corrected chi connectivity index (χ3v) is 3.24. The van der Waals surface area contributed by atoms with Crippen molar-refractivity contribution < 1.29 is 19.4 Å². The molecular weight excluding hydrogens is 292 g/mol. The zero-order chi connectivity index (χ0) is 15.5. The van der Waals surface area contributed by atoms with Crippen LogP contribution in [0.2, 0.25) is 0 Å². The Morgan fingerprint density at radius 1 is 1.29 bits per heavy atom. The van der Waals surface area contributed by atoms with Gasteiger partial charge < -0.3 is 20.5 Å². The van der Waals surface area contributed by atoms with Crippen LogP contribution in [0, 0.1) is 0 Å². The summed E-state index contributed by atoms with van der Waals surface area (Å²) in [5.74, 6) is 0.343. The van der Waals surface area contributed by atoms with E-state index in [1.807, 2.05) is 6.26 Å². The number of rotatable bonds is 9. The number of carboxylic acids is 1. The van der Waals surface area contributed by atoms with Gasteiger partial charge in [-0.15, -0.1) is 0 Å². The molecule has 0 radical (unpaired) electrons. The minimum absolute atomic E-state index is 0.328. The highest BCUT2D eigenvalue weighted by atomic mass is 32.2. The van der Waals surface area contributed by atoms with Gasteiger partial charge in [0.15, 0.2) is 6.61 Å². The van der Waals surface area contributed by atoms with Crippen molar-refractivity contribution in [2.24, 2.45) is 0 Å². The number of benzene rings is 1. The number of urea groups is 1. The Bertz CT molecular complexity index is 468.